The molecule has 0 saturated heterocycles. The number of fused-ring (bicyclic) bond motifs is 3. The van der Waals surface area contributed by atoms with Crippen LogP contribution in [0.1, 0.15) is 10.6 Å². The van der Waals surface area contributed by atoms with Gasteiger partial charge < -0.3 is 10.1 Å². The fourth-order valence-corrected chi connectivity index (χ4v) is 5.21. The van der Waals surface area contributed by atoms with Crippen LogP contribution in [0.15, 0.2) is 54.3 Å². The Hall–Kier alpha value is -3.30. The molecule has 31 heavy (non-hydrogen) atoms. The Bertz CT molecular complexity index is 1360. The van der Waals surface area contributed by atoms with Crippen molar-refractivity contribution in [3.05, 3.63) is 64.9 Å². The summed E-state index contributed by atoms with van der Waals surface area (Å²) in [5, 5.41) is 11.2. The molecule has 9 heteroatoms. The number of rotatable bonds is 7. The minimum atomic E-state index is -0.247. The van der Waals surface area contributed by atoms with E-state index in [1.165, 1.54) is 5.56 Å². The van der Waals surface area contributed by atoms with Crippen molar-refractivity contribution in [3.8, 4) is 5.75 Å². The number of carbonyl (C=O) groups is 1. The second-order valence-electron chi connectivity index (χ2n) is 7.02. The van der Waals surface area contributed by atoms with E-state index >= 15 is 0 Å². The molecule has 0 aliphatic rings. The summed E-state index contributed by atoms with van der Waals surface area (Å²) < 4.78 is 9.84. The van der Waals surface area contributed by atoms with Crippen LogP contribution < -0.4 is 10.1 Å². The van der Waals surface area contributed by atoms with E-state index in [9.17, 15) is 4.79 Å². The molecule has 1 N–H and O–H groups in total. The van der Waals surface area contributed by atoms with Gasteiger partial charge in [0.2, 0.25) is 0 Å². The molecule has 156 valence electrons. The van der Waals surface area contributed by atoms with Gasteiger partial charge in [0.05, 0.1) is 19.9 Å². The fourth-order valence-electron chi connectivity index (χ4n) is 3.37. The van der Waals surface area contributed by atoms with E-state index in [-0.39, 0.29) is 12.5 Å². The number of nitrogens with one attached hydrogen (secondary N) is 1. The number of hydrogen-bond acceptors (Lipinski definition) is 7. The molecule has 4 heterocycles. The highest BCUT2D eigenvalue weighted by molar-refractivity contribution is 7.21. The van der Waals surface area contributed by atoms with Gasteiger partial charge >= 0.3 is 0 Å². The van der Waals surface area contributed by atoms with Crippen LogP contribution in [0.25, 0.3) is 20.3 Å². The van der Waals surface area contributed by atoms with Crippen LogP contribution >= 0.6 is 22.7 Å². The summed E-state index contributed by atoms with van der Waals surface area (Å²) in [6.07, 6.45) is 6.26. The van der Waals surface area contributed by atoms with Crippen LogP contribution in [0.3, 0.4) is 0 Å². The first-order chi connectivity index (χ1) is 15.2. The summed E-state index contributed by atoms with van der Waals surface area (Å²) in [6, 6.07) is 9.73. The molecule has 0 unspecified atom stereocenters. The van der Waals surface area contributed by atoms with Crippen LogP contribution in [0.2, 0.25) is 0 Å². The van der Waals surface area contributed by atoms with Crippen molar-refractivity contribution in [3.63, 3.8) is 0 Å². The highest BCUT2D eigenvalue weighted by Gasteiger charge is 2.14. The SMILES string of the molecule is Cc1nc2c(cc(OCC(=O)Nc3ccn(CCc4ccncc4)n3)c3ccsc32)s1. The third-order valence-corrected chi connectivity index (χ3v) is 6.65. The van der Waals surface area contributed by atoms with Gasteiger partial charge in [-0.2, -0.15) is 5.10 Å². The zero-order valence-corrected chi connectivity index (χ0v) is 18.4. The maximum absolute atomic E-state index is 12.4. The molecular formula is C22H19N5O2S2. The first-order valence-electron chi connectivity index (χ1n) is 9.78. The average Bonchev–Trinajstić information content (AvgIpc) is 3.50. The Morgan fingerprint density at radius 2 is 2.10 bits per heavy atom. The topological polar surface area (TPSA) is 81.9 Å². The molecule has 0 saturated carbocycles. The smallest absolute Gasteiger partial charge is 0.263 e. The minimum Gasteiger partial charge on any atom is -0.483 e. The first kappa shape index (κ1) is 19.7. The molecule has 5 rings (SSSR count). The number of hydrogen-bond donors (Lipinski definition) is 1. The maximum atomic E-state index is 12.4. The molecule has 0 aliphatic carbocycles. The van der Waals surface area contributed by atoms with Gasteiger partial charge in [-0.25, -0.2) is 4.98 Å². The Morgan fingerprint density at radius 1 is 1.23 bits per heavy atom. The quantitative estimate of drug-likeness (QED) is 0.390. The third-order valence-electron chi connectivity index (χ3n) is 4.81. The summed E-state index contributed by atoms with van der Waals surface area (Å²) >= 11 is 3.26. The number of pyridine rings is 1. The lowest BCUT2D eigenvalue weighted by Crippen LogP contribution is -2.20. The lowest BCUT2D eigenvalue weighted by Gasteiger charge is -2.08. The molecule has 7 nitrogen and oxygen atoms in total. The molecule has 0 aliphatic heterocycles. The molecule has 4 aromatic heterocycles. The number of thiazole rings is 1. The second-order valence-corrected chi connectivity index (χ2v) is 9.17. The Kier molecular flexibility index (Phi) is 5.35. The fraction of sp³-hybridized carbons (Fsp3) is 0.182. The first-order valence-corrected chi connectivity index (χ1v) is 11.5. The number of anilines is 1. The van der Waals surface area contributed by atoms with Crippen LogP contribution in [-0.4, -0.2) is 32.3 Å². The molecule has 1 amide bonds. The number of nitrogens with zero attached hydrogens (tertiary/aromatic N) is 4. The largest absolute Gasteiger partial charge is 0.483 e. The highest BCUT2D eigenvalue weighted by atomic mass is 32.1. The van der Waals surface area contributed by atoms with E-state index in [4.69, 9.17) is 4.74 Å². The van der Waals surface area contributed by atoms with E-state index in [0.29, 0.717) is 11.6 Å². The van der Waals surface area contributed by atoms with Crippen molar-refractivity contribution in [2.24, 2.45) is 0 Å². The number of aromatic nitrogens is 4. The summed E-state index contributed by atoms with van der Waals surface area (Å²) in [5.74, 6) is 0.964. The summed E-state index contributed by atoms with van der Waals surface area (Å²) in [5.41, 5.74) is 2.19. The summed E-state index contributed by atoms with van der Waals surface area (Å²) in [6.45, 7) is 2.63. The van der Waals surface area contributed by atoms with Gasteiger partial charge in [-0.3, -0.25) is 14.5 Å². The predicted octanol–water partition coefficient (Wildman–Crippen LogP) is 4.67. The number of thiophene rings is 1. The van der Waals surface area contributed by atoms with E-state index < -0.39 is 0 Å². The summed E-state index contributed by atoms with van der Waals surface area (Å²) in [4.78, 5) is 21.1. The highest BCUT2D eigenvalue weighted by Crippen LogP contribution is 2.38. The molecular weight excluding hydrogens is 430 g/mol. The Labute approximate surface area is 186 Å². The van der Waals surface area contributed by atoms with Crippen molar-refractivity contribution >= 4 is 54.7 Å². The van der Waals surface area contributed by atoms with Crippen LogP contribution in [0.4, 0.5) is 5.82 Å². The van der Waals surface area contributed by atoms with Crippen molar-refractivity contribution in [2.45, 2.75) is 19.9 Å². The standard InChI is InChI=1S/C22H19N5O2S2/c1-14-24-21-18(31-14)12-17(16-6-11-30-22(16)21)29-13-20(28)25-19-5-10-27(26-19)9-4-15-2-7-23-8-3-15/h2-3,5-8,10-12H,4,9,13H2,1H3,(H,25,26,28). The molecule has 0 radical (unpaired) electrons. The van der Waals surface area contributed by atoms with Crippen LogP contribution in [0.5, 0.6) is 5.75 Å². The van der Waals surface area contributed by atoms with Gasteiger partial charge in [-0.15, -0.1) is 22.7 Å². The van der Waals surface area contributed by atoms with Gasteiger partial charge in [0.1, 0.15) is 5.75 Å². The molecule has 0 fully saturated rings. The number of benzene rings is 1. The van der Waals surface area contributed by atoms with Gasteiger partial charge in [-0.05, 0) is 42.5 Å². The molecule has 0 bridgehead atoms. The molecule has 0 spiro atoms. The predicted molar refractivity (Wildman–Crippen MR) is 124 cm³/mol. The second kappa shape index (κ2) is 8.44. The molecule has 5 aromatic rings. The van der Waals surface area contributed by atoms with Crippen molar-refractivity contribution in [1.82, 2.24) is 19.7 Å². The number of ether oxygens (including phenoxy) is 1. The normalized spacial score (nSPS) is 11.3. The number of aryl methyl sites for hydroxylation is 3. The van der Waals surface area contributed by atoms with Crippen LogP contribution in [-0.2, 0) is 17.8 Å². The number of amides is 1. The lowest BCUT2D eigenvalue weighted by atomic mass is 10.2. The Balaban J connectivity index is 1.21. The minimum absolute atomic E-state index is 0.0852. The zero-order valence-electron chi connectivity index (χ0n) is 16.7. The van der Waals surface area contributed by atoms with E-state index in [2.05, 4.69) is 20.4 Å². The van der Waals surface area contributed by atoms with Gasteiger partial charge in [-0.1, -0.05) is 0 Å². The lowest BCUT2D eigenvalue weighted by molar-refractivity contribution is -0.118. The maximum Gasteiger partial charge on any atom is 0.263 e. The monoisotopic (exact) mass is 449 g/mol. The zero-order chi connectivity index (χ0) is 21.2. The molecule has 0 atom stereocenters. The van der Waals surface area contributed by atoms with E-state index in [1.807, 2.05) is 47.4 Å². The van der Waals surface area contributed by atoms with Gasteiger partial charge in [0, 0.05) is 42.7 Å². The third kappa shape index (κ3) is 4.28. The molecule has 1 aromatic carbocycles. The van der Waals surface area contributed by atoms with Gasteiger partial charge in [0.15, 0.2) is 12.4 Å². The van der Waals surface area contributed by atoms with Crippen LogP contribution in [0, 0.1) is 6.92 Å². The van der Waals surface area contributed by atoms with E-state index in [0.717, 1.165) is 38.3 Å². The Morgan fingerprint density at radius 3 is 2.97 bits per heavy atom. The van der Waals surface area contributed by atoms with E-state index in [1.54, 1.807) is 41.1 Å². The average molecular weight is 450 g/mol. The summed E-state index contributed by atoms with van der Waals surface area (Å²) in [7, 11) is 0. The van der Waals surface area contributed by atoms with Crippen molar-refractivity contribution < 1.29 is 9.53 Å². The van der Waals surface area contributed by atoms with Crippen molar-refractivity contribution in [1.29, 1.82) is 0 Å². The van der Waals surface area contributed by atoms with Crippen molar-refractivity contribution in [2.75, 3.05) is 11.9 Å². The number of carbonyl (C=O) groups excluding carboxylic acids is 1. The van der Waals surface area contributed by atoms with Gasteiger partial charge in [0.25, 0.3) is 5.91 Å².